The summed E-state index contributed by atoms with van der Waals surface area (Å²) in [6.07, 6.45) is 10.1. The van der Waals surface area contributed by atoms with Gasteiger partial charge in [0.15, 0.2) is 0 Å². The Labute approximate surface area is 127 Å². The van der Waals surface area contributed by atoms with Gasteiger partial charge in [-0.25, -0.2) is 0 Å². The smallest absolute Gasteiger partial charge is 0.122 e. The van der Waals surface area contributed by atoms with E-state index in [0.29, 0.717) is 5.41 Å². The maximum Gasteiger partial charge on any atom is 0.122 e. The van der Waals surface area contributed by atoms with Gasteiger partial charge in [-0.3, -0.25) is 0 Å². The zero-order valence-corrected chi connectivity index (χ0v) is 13.2. The van der Waals surface area contributed by atoms with Crippen molar-refractivity contribution < 1.29 is 4.74 Å². The van der Waals surface area contributed by atoms with Gasteiger partial charge in [-0.05, 0) is 67.8 Å². The number of halogens is 1. The van der Waals surface area contributed by atoms with Crippen LogP contribution in [0.1, 0.15) is 50.5 Å². The maximum absolute atomic E-state index is 6.12. The fourth-order valence-electron chi connectivity index (χ4n) is 3.58. The summed E-state index contributed by atoms with van der Waals surface area (Å²) >= 11 is 6.12. The molecule has 20 heavy (non-hydrogen) atoms. The molecule has 1 aromatic rings. The Hall–Kier alpha value is -0.730. The normalized spacial score (nSPS) is 17.9. The van der Waals surface area contributed by atoms with Crippen LogP contribution in [0, 0.1) is 5.41 Å². The number of ether oxygens (including phenoxy) is 1. The van der Waals surface area contributed by atoms with Crippen LogP contribution in [-0.2, 0) is 6.42 Å². The summed E-state index contributed by atoms with van der Waals surface area (Å²) in [5.74, 6) is 0.952. The number of hydrogen-bond donors (Lipinski definition) is 1. The second kappa shape index (κ2) is 7.33. The van der Waals surface area contributed by atoms with Crippen molar-refractivity contribution in [2.45, 2.75) is 51.4 Å². The topological polar surface area (TPSA) is 35.2 Å². The summed E-state index contributed by atoms with van der Waals surface area (Å²) in [4.78, 5) is 0. The summed E-state index contributed by atoms with van der Waals surface area (Å²) in [5.41, 5.74) is 7.52. The van der Waals surface area contributed by atoms with Gasteiger partial charge in [0.2, 0.25) is 0 Å². The van der Waals surface area contributed by atoms with Gasteiger partial charge in [0, 0.05) is 5.02 Å². The molecule has 112 valence electrons. The number of rotatable bonds is 6. The second-order valence-electron chi connectivity index (χ2n) is 6.06. The van der Waals surface area contributed by atoms with Gasteiger partial charge in [-0.1, -0.05) is 30.9 Å². The molecule has 3 heteroatoms. The quantitative estimate of drug-likeness (QED) is 0.833. The number of nitrogens with two attached hydrogens (primary N) is 1. The van der Waals surface area contributed by atoms with Crippen molar-refractivity contribution in [3.05, 3.63) is 28.8 Å². The van der Waals surface area contributed by atoms with E-state index in [4.69, 9.17) is 22.1 Å². The van der Waals surface area contributed by atoms with Gasteiger partial charge in [0.05, 0.1) is 7.11 Å². The SMILES string of the molecule is COc1ccc(Cl)cc1CCC1(CCN)CCCCC1. The molecular formula is C17H26ClNO. The summed E-state index contributed by atoms with van der Waals surface area (Å²) < 4.78 is 5.45. The first-order valence-electron chi connectivity index (χ1n) is 7.72. The molecule has 2 rings (SSSR count). The third-order valence-corrected chi connectivity index (χ3v) is 4.99. The van der Waals surface area contributed by atoms with Crippen LogP contribution >= 0.6 is 11.6 Å². The fourth-order valence-corrected chi connectivity index (χ4v) is 3.77. The Morgan fingerprint density at radius 3 is 2.60 bits per heavy atom. The Morgan fingerprint density at radius 1 is 1.20 bits per heavy atom. The molecule has 0 aromatic heterocycles. The molecule has 2 N–H and O–H groups in total. The van der Waals surface area contributed by atoms with Crippen molar-refractivity contribution in [1.29, 1.82) is 0 Å². The van der Waals surface area contributed by atoms with E-state index in [1.807, 2.05) is 18.2 Å². The van der Waals surface area contributed by atoms with Crippen molar-refractivity contribution in [3.8, 4) is 5.75 Å². The minimum absolute atomic E-state index is 0.445. The summed E-state index contributed by atoms with van der Waals surface area (Å²) in [5, 5.41) is 0.789. The Balaban J connectivity index is 2.07. The first-order valence-corrected chi connectivity index (χ1v) is 8.09. The maximum atomic E-state index is 6.12. The molecule has 2 nitrogen and oxygen atoms in total. The third kappa shape index (κ3) is 3.89. The summed E-state index contributed by atoms with van der Waals surface area (Å²) in [6.45, 7) is 0.798. The van der Waals surface area contributed by atoms with Crippen LogP contribution < -0.4 is 10.5 Å². The first-order chi connectivity index (χ1) is 9.69. The van der Waals surface area contributed by atoms with E-state index in [-0.39, 0.29) is 0 Å². The molecule has 1 aliphatic rings. The summed E-state index contributed by atoms with van der Waals surface area (Å²) in [7, 11) is 1.73. The molecule has 0 bridgehead atoms. The Bertz CT molecular complexity index is 421. The molecule has 0 saturated heterocycles. The Kier molecular flexibility index (Phi) is 5.74. The lowest BCUT2D eigenvalue weighted by atomic mass is 9.68. The lowest BCUT2D eigenvalue weighted by molar-refractivity contribution is 0.160. The zero-order valence-electron chi connectivity index (χ0n) is 12.5. The van der Waals surface area contributed by atoms with Crippen molar-refractivity contribution in [2.24, 2.45) is 11.1 Å². The predicted molar refractivity (Wildman–Crippen MR) is 85.5 cm³/mol. The van der Waals surface area contributed by atoms with Crippen LogP contribution in [0.5, 0.6) is 5.75 Å². The minimum Gasteiger partial charge on any atom is -0.496 e. The monoisotopic (exact) mass is 295 g/mol. The molecule has 0 unspecified atom stereocenters. The molecule has 1 saturated carbocycles. The lowest BCUT2D eigenvalue weighted by Gasteiger charge is -2.37. The molecule has 0 amide bonds. The van der Waals surface area contributed by atoms with Crippen LogP contribution in [0.2, 0.25) is 5.02 Å². The van der Waals surface area contributed by atoms with Gasteiger partial charge < -0.3 is 10.5 Å². The number of benzene rings is 1. The van der Waals surface area contributed by atoms with Crippen molar-refractivity contribution in [3.63, 3.8) is 0 Å². The molecule has 0 radical (unpaired) electrons. The molecule has 0 heterocycles. The molecule has 1 aliphatic carbocycles. The molecule has 0 spiro atoms. The molecular weight excluding hydrogens is 270 g/mol. The van der Waals surface area contributed by atoms with Crippen LogP contribution in [0.15, 0.2) is 18.2 Å². The standard InChI is InChI=1S/C17H26ClNO/c1-20-16-6-5-15(18)13-14(16)7-10-17(11-12-19)8-3-2-4-9-17/h5-6,13H,2-4,7-12,19H2,1H3. The van der Waals surface area contributed by atoms with Crippen molar-refractivity contribution in [2.75, 3.05) is 13.7 Å². The number of aryl methyl sites for hydroxylation is 1. The van der Waals surface area contributed by atoms with Crippen molar-refractivity contribution in [1.82, 2.24) is 0 Å². The van der Waals surface area contributed by atoms with Crippen LogP contribution in [0.4, 0.5) is 0 Å². The van der Waals surface area contributed by atoms with Gasteiger partial charge in [0.25, 0.3) is 0 Å². The number of hydrogen-bond acceptors (Lipinski definition) is 2. The van der Waals surface area contributed by atoms with E-state index in [1.165, 1.54) is 44.1 Å². The highest BCUT2D eigenvalue weighted by Gasteiger charge is 2.30. The average Bonchev–Trinajstić information content (AvgIpc) is 2.47. The minimum atomic E-state index is 0.445. The van der Waals surface area contributed by atoms with Gasteiger partial charge in [-0.15, -0.1) is 0 Å². The van der Waals surface area contributed by atoms with E-state index in [2.05, 4.69) is 0 Å². The summed E-state index contributed by atoms with van der Waals surface area (Å²) in [6, 6.07) is 5.90. The van der Waals surface area contributed by atoms with E-state index in [0.717, 1.165) is 30.2 Å². The first kappa shape index (κ1) is 15.7. The third-order valence-electron chi connectivity index (χ3n) is 4.76. The fraction of sp³-hybridized carbons (Fsp3) is 0.647. The zero-order chi connectivity index (χ0) is 14.4. The van der Waals surface area contributed by atoms with Crippen LogP contribution in [0.3, 0.4) is 0 Å². The molecule has 1 fully saturated rings. The highest BCUT2D eigenvalue weighted by molar-refractivity contribution is 6.30. The van der Waals surface area contributed by atoms with E-state index < -0.39 is 0 Å². The van der Waals surface area contributed by atoms with Crippen LogP contribution in [-0.4, -0.2) is 13.7 Å². The van der Waals surface area contributed by atoms with Crippen LogP contribution in [0.25, 0.3) is 0 Å². The highest BCUT2D eigenvalue weighted by atomic mass is 35.5. The van der Waals surface area contributed by atoms with Gasteiger partial charge in [0.1, 0.15) is 5.75 Å². The van der Waals surface area contributed by atoms with Gasteiger partial charge >= 0.3 is 0 Å². The lowest BCUT2D eigenvalue weighted by Crippen LogP contribution is -2.28. The van der Waals surface area contributed by atoms with Crippen molar-refractivity contribution >= 4 is 11.6 Å². The largest absolute Gasteiger partial charge is 0.496 e. The van der Waals surface area contributed by atoms with E-state index >= 15 is 0 Å². The predicted octanol–water partition coefficient (Wildman–Crippen LogP) is 4.58. The molecule has 0 aliphatic heterocycles. The number of methoxy groups -OCH3 is 1. The van der Waals surface area contributed by atoms with Gasteiger partial charge in [-0.2, -0.15) is 0 Å². The molecule has 1 aromatic carbocycles. The van der Waals surface area contributed by atoms with E-state index in [1.54, 1.807) is 7.11 Å². The molecule has 0 atom stereocenters. The average molecular weight is 296 g/mol. The second-order valence-corrected chi connectivity index (χ2v) is 6.49. The Morgan fingerprint density at radius 2 is 1.95 bits per heavy atom. The van der Waals surface area contributed by atoms with E-state index in [9.17, 15) is 0 Å². The highest BCUT2D eigenvalue weighted by Crippen LogP contribution is 2.43.